The number of aromatic nitrogens is 1. The topological polar surface area (TPSA) is 34.1 Å². The molecule has 0 spiro atoms. The Kier molecular flexibility index (Phi) is 6.03. The Morgan fingerprint density at radius 3 is 2.54 bits per heavy atom. The van der Waals surface area contributed by atoms with E-state index >= 15 is 0 Å². The van der Waals surface area contributed by atoms with E-state index in [0.717, 1.165) is 18.0 Å². The molecule has 0 amide bonds. The number of nitrogens with zero attached hydrogens (tertiary/aromatic N) is 1. The molecule has 1 aliphatic rings. The van der Waals surface area contributed by atoms with Crippen molar-refractivity contribution in [2.75, 3.05) is 0 Å². The molecule has 2 aromatic carbocycles. The zero-order valence-corrected chi connectivity index (χ0v) is 16.5. The molecule has 28 heavy (non-hydrogen) atoms. The molecule has 0 saturated heterocycles. The second kappa shape index (κ2) is 9.03. The molecule has 1 aromatic heterocycles. The Labute approximate surface area is 167 Å². The highest BCUT2D eigenvalue weighted by atomic mass is 16.5. The smallest absolute Gasteiger partial charge is 0.138 e. The molecule has 4 rings (SSSR count). The van der Waals surface area contributed by atoms with Crippen LogP contribution in [-0.4, -0.2) is 11.0 Å². The van der Waals surface area contributed by atoms with Gasteiger partial charge in [0.2, 0.25) is 0 Å². The normalized spacial score (nSPS) is 14.3. The maximum Gasteiger partial charge on any atom is 0.138 e. The maximum atomic E-state index is 6.01. The summed E-state index contributed by atoms with van der Waals surface area (Å²) in [6.45, 7) is 3.55. The van der Waals surface area contributed by atoms with Crippen LogP contribution in [0.5, 0.6) is 5.75 Å². The van der Waals surface area contributed by atoms with Gasteiger partial charge in [0.25, 0.3) is 0 Å². The zero-order chi connectivity index (χ0) is 19.2. The van der Waals surface area contributed by atoms with Crippen molar-refractivity contribution in [3.63, 3.8) is 0 Å². The van der Waals surface area contributed by atoms with Crippen molar-refractivity contribution >= 4 is 0 Å². The van der Waals surface area contributed by atoms with E-state index in [9.17, 15) is 0 Å². The van der Waals surface area contributed by atoms with Gasteiger partial charge in [-0.2, -0.15) is 0 Å². The standard InChI is InChI=1S/C25H28N2O/c1-19-21(10-7-13-25(19)20-8-3-2-4-9-20)18-28-24-15-14-23(27-17-24)16-26-22-11-5-6-12-22/h2-4,7-10,13-15,17,22,26H,5-6,11-12,16,18H2,1H3. The predicted molar refractivity (Wildman–Crippen MR) is 114 cm³/mol. The van der Waals surface area contributed by atoms with Crippen LogP contribution in [0.25, 0.3) is 11.1 Å². The third-order valence-corrected chi connectivity index (χ3v) is 5.65. The molecule has 0 bridgehead atoms. The molecule has 1 N–H and O–H groups in total. The number of hydrogen-bond acceptors (Lipinski definition) is 3. The van der Waals surface area contributed by atoms with Gasteiger partial charge < -0.3 is 10.1 Å². The second-order valence-corrected chi connectivity index (χ2v) is 7.59. The van der Waals surface area contributed by atoms with E-state index in [1.807, 2.05) is 18.3 Å². The summed E-state index contributed by atoms with van der Waals surface area (Å²) in [4.78, 5) is 4.55. The fourth-order valence-electron chi connectivity index (χ4n) is 3.91. The minimum Gasteiger partial charge on any atom is -0.487 e. The molecule has 3 nitrogen and oxygen atoms in total. The lowest BCUT2D eigenvalue weighted by Crippen LogP contribution is -2.25. The Morgan fingerprint density at radius 2 is 1.79 bits per heavy atom. The summed E-state index contributed by atoms with van der Waals surface area (Å²) in [5, 5.41) is 3.60. The van der Waals surface area contributed by atoms with Gasteiger partial charge in [-0.15, -0.1) is 0 Å². The van der Waals surface area contributed by atoms with Gasteiger partial charge in [0.05, 0.1) is 11.9 Å². The van der Waals surface area contributed by atoms with Gasteiger partial charge in [0.15, 0.2) is 0 Å². The monoisotopic (exact) mass is 372 g/mol. The molecule has 1 saturated carbocycles. The van der Waals surface area contributed by atoms with Crippen LogP contribution in [-0.2, 0) is 13.2 Å². The summed E-state index contributed by atoms with van der Waals surface area (Å²) in [5.41, 5.74) is 6.03. The summed E-state index contributed by atoms with van der Waals surface area (Å²) < 4.78 is 6.01. The van der Waals surface area contributed by atoms with Crippen LogP contribution < -0.4 is 10.1 Å². The van der Waals surface area contributed by atoms with Crippen LogP contribution in [0.3, 0.4) is 0 Å². The molecule has 144 valence electrons. The average Bonchev–Trinajstić information content (AvgIpc) is 3.27. The molecule has 0 unspecified atom stereocenters. The molecule has 1 heterocycles. The number of ether oxygens (including phenoxy) is 1. The number of pyridine rings is 1. The molecule has 0 aliphatic heterocycles. The summed E-state index contributed by atoms with van der Waals surface area (Å²) >= 11 is 0. The largest absolute Gasteiger partial charge is 0.487 e. The lowest BCUT2D eigenvalue weighted by atomic mass is 9.97. The van der Waals surface area contributed by atoms with E-state index in [0.29, 0.717) is 12.6 Å². The Hall–Kier alpha value is -2.65. The lowest BCUT2D eigenvalue weighted by molar-refractivity contribution is 0.304. The average molecular weight is 373 g/mol. The number of rotatable bonds is 7. The molecular weight excluding hydrogens is 344 g/mol. The third-order valence-electron chi connectivity index (χ3n) is 5.65. The second-order valence-electron chi connectivity index (χ2n) is 7.59. The van der Waals surface area contributed by atoms with Crippen molar-refractivity contribution in [3.8, 4) is 16.9 Å². The first kappa shape index (κ1) is 18.7. The fraction of sp³-hybridized carbons (Fsp3) is 0.320. The van der Waals surface area contributed by atoms with Crippen LogP contribution in [0.1, 0.15) is 42.5 Å². The van der Waals surface area contributed by atoms with Gasteiger partial charge in [-0.25, -0.2) is 0 Å². The van der Waals surface area contributed by atoms with Crippen molar-refractivity contribution in [2.24, 2.45) is 0 Å². The van der Waals surface area contributed by atoms with Crippen molar-refractivity contribution in [1.29, 1.82) is 0 Å². The van der Waals surface area contributed by atoms with Crippen LogP contribution in [0.4, 0.5) is 0 Å². The van der Waals surface area contributed by atoms with Crippen LogP contribution in [0.2, 0.25) is 0 Å². The van der Waals surface area contributed by atoms with Gasteiger partial charge in [0, 0.05) is 12.6 Å². The predicted octanol–water partition coefficient (Wildman–Crippen LogP) is 5.67. The maximum absolute atomic E-state index is 6.01. The van der Waals surface area contributed by atoms with Gasteiger partial charge >= 0.3 is 0 Å². The fourth-order valence-corrected chi connectivity index (χ4v) is 3.91. The van der Waals surface area contributed by atoms with Gasteiger partial charge in [-0.3, -0.25) is 4.98 Å². The quantitative estimate of drug-likeness (QED) is 0.580. The van der Waals surface area contributed by atoms with Crippen LogP contribution in [0, 0.1) is 6.92 Å². The number of hydrogen-bond donors (Lipinski definition) is 1. The molecule has 1 fully saturated rings. The Bertz CT molecular complexity index is 884. The van der Waals surface area contributed by atoms with E-state index in [1.54, 1.807) is 0 Å². The molecule has 1 aliphatic carbocycles. The first-order valence-electron chi connectivity index (χ1n) is 10.2. The highest BCUT2D eigenvalue weighted by Gasteiger charge is 2.14. The van der Waals surface area contributed by atoms with E-state index in [-0.39, 0.29) is 0 Å². The number of benzene rings is 2. The SMILES string of the molecule is Cc1c(COc2ccc(CNC3CCCC3)nc2)cccc1-c1ccccc1. The van der Waals surface area contributed by atoms with Crippen molar-refractivity contribution < 1.29 is 4.74 Å². The van der Waals surface area contributed by atoms with E-state index in [1.165, 1.54) is 47.9 Å². The first-order chi connectivity index (χ1) is 13.8. The van der Waals surface area contributed by atoms with Gasteiger partial charge in [-0.05, 0) is 54.2 Å². The lowest BCUT2D eigenvalue weighted by Gasteiger charge is -2.13. The summed E-state index contributed by atoms with van der Waals surface area (Å²) in [5.74, 6) is 0.814. The van der Waals surface area contributed by atoms with Gasteiger partial charge in [-0.1, -0.05) is 61.4 Å². The minimum absolute atomic E-state index is 0.549. The third kappa shape index (κ3) is 4.60. The highest BCUT2D eigenvalue weighted by Crippen LogP contribution is 2.26. The summed E-state index contributed by atoms with van der Waals surface area (Å²) in [6.07, 6.45) is 7.12. The highest BCUT2D eigenvalue weighted by molar-refractivity contribution is 5.68. The zero-order valence-electron chi connectivity index (χ0n) is 16.5. The molecular formula is C25H28N2O. The molecule has 3 heteroatoms. The summed E-state index contributed by atoms with van der Waals surface area (Å²) in [7, 11) is 0. The van der Waals surface area contributed by atoms with Crippen molar-refractivity contribution in [3.05, 3.63) is 83.7 Å². The summed E-state index contributed by atoms with van der Waals surface area (Å²) in [6, 6.07) is 21.6. The van der Waals surface area contributed by atoms with E-state index < -0.39 is 0 Å². The molecule has 3 aromatic rings. The van der Waals surface area contributed by atoms with E-state index in [2.05, 4.69) is 65.8 Å². The van der Waals surface area contributed by atoms with Crippen LogP contribution in [0.15, 0.2) is 66.9 Å². The first-order valence-corrected chi connectivity index (χ1v) is 10.2. The number of nitrogens with one attached hydrogen (secondary N) is 1. The molecule has 0 atom stereocenters. The van der Waals surface area contributed by atoms with Crippen LogP contribution >= 0.6 is 0 Å². The van der Waals surface area contributed by atoms with Crippen molar-refractivity contribution in [2.45, 2.75) is 51.8 Å². The molecule has 0 radical (unpaired) electrons. The Morgan fingerprint density at radius 1 is 0.964 bits per heavy atom. The minimum atomic E-state index is 0.549. The van der Waals surface area contributed by atoms with Crippen molar-refractivity contribution in [1.82, 2.24) is 10.3 Å². The van der Waals surface area contributed by atoms with E-state index in [4.69, 9.17) is 4.74 Å². The van der Waals surface area contributed by atoms with Gasteiger partial charge in [0.1, 0.15) is 12.4 Å². The Balaban J connectivity index is 1.36.